The summed E-state index contributed by atoms with van der Waals surface area (Å²) in [4.78, 5) is 0. The summed E-state index contributed by atoms with van der Waals surface area (Å²) in [5.74, 6) is 0.567. The largest absolute Gasteiger partial charge is 0.379 e. The van der Waals surface area contributed by atoms with Crippen molar-refractivity contribution in [3.05, 3.63) is 0 Å². The fourth-order valence-electron chi connectivity index (χ4n) is 2.12. The van der Waals surface area contributed by atoms with Crippen molar-refractivity contribution in [1.29, 1.82) is 5.26 Å². The van der Waals surface area contributed by atoms with Crippen LogP contribution in [0.3, 0.4) is 0 Å². The molecule has 4 heteroatoms. The third-order valence-electron chi connectivity index (χ3n) is 3.19. The first-order chi connectivity index (χ1) is 8.12. The second-order valence-electron chi connectivity index (χ2n) is 5.15. The molecule has 0 radical (unpaired) electrons. The maximum Gasteiger partial charge on any atom is 0.109 e. The van der Waals surface area contributed by atoms with Gasteiger partial charge in [-0.2, -0.15) is 5.26 Å². The third-order valence-corrected chi connectivity index (χ3v) is 3.19. The lowest BCUT2D eigenvalue weighted by molar-refractivity contribution is 0.000557. The van der Waals surface area contributed by atoms with Crippen molar-refractivity contribution in [2.75, 3.05) is 26.9 Å². The van der Waals surface area contributed by atoms with Gasteiger partial charge in [-0.25, -0.2) is 0 Å². The van der Waals surface area contributed by atoms with E-state index in [0.717, 1.165) is 25.9 Å². The van der Waals surface area contributed by atoms with Crippen LogP contribution < -0.4 is 5.32 Å². The molecule has 2 atom stereocenters. The molecule has 0 aromatic carbocycles. The van der Waals surface area contributed by atoms with Gasteiger partial charge in [0.2, 0.25) is 0 Å². The maximum atomic E-state index is 9.11. The highest BCUT2D eigenvalue weighted by atomic mass is 16.5. The highest BCUT2D eigenvalue weighted by Crippen LogP contribution is 2.30. The zero-order valence-electron chi connectivity index (χ0n) is 11.2. The van der Waals surface area contributed by atoms with Gasteiger partial charge in [-0.05, 0) is 25.8 Å². The molecule has 0 aromatic heterocycles. The van der Waals surface area contributed by atoms with Crippen LogP contribution in [-0.4, -0.2) is 38.5 Å². The third kappa shape index (κ3) is 4.63. The average molecular weight is 240 g/mol. The minimum absolute atomic E-state index is 0.199. The quantitative estimate of drug-likeness (QED) is 0.688. The van der Waals surface area contributed by atoms with Crippen LogP contribution in [0, 0.1) is 17.2 Å². The molecule has 4 nitrogen and oxygen atoms in total. The lowest BCUT2D eigenvalue weighted by atomic mass is 10.0. The van der Waals surface area contributed by atoms with E-state index >= 15 is 0 Å². The second-order valence-corrected chi connectivity index (χ2v) is 5.15. The van der Waals surface area contributed by atoms with E-state index in [4.69, 9.17) is 14.7 Å². The molecule has 0 aliphatic heterocycles. The number of nitrogens with zero attached hydrogens (tertiary/aromatic N) is 1. The Bertz CT molecular complexity index is 263. The van der Waals surface area contributed by atoms with E-state index in [1.54, 1.807) is 0 Å². The molecule has 0 bridgehead atoms. The van der Waals surface area contributed by atoms with Crippen molar-refractivity contribution in [2.45, 2.75) is 44.8 Å². The molecule has 0 spiro atoms. The molecular weight excluding hydrogens is 216 g/mol. The molecule has 1 rings (SSSR count). The van der Waals surface area contributed by atoms with Crippen LogP contribution in [0.1, 0.15) is 33.1 Å². The number of hydrogen-bond acceptors (Lipinski definition) is 4. The molecule has 2 unspecified atom stereocenters. The van der Waals surface area contributed by atoms with Gasteiger partial charge in [0.1, 0.15) is 5.54 Å². The Hall–Kier alpha value is -0.630. The van der Waals surface area contributed by atoms with E-state index in [1.165, 1.54) is 0 Å². The van der Waals surface area contributed by atoms with E-state index in [-0.39, 0.29) is 11.6 Å². The predicted molar refractivity (Wildman–Crippen MR) is 66.7 cm³/mol. The Labute approximate surface area is 104 Å². The molecule has 0 aromatic rings. The van der Waals surface area contributed by atoms with E-state index in [9.17, 15) is 0 Å². The first kappa shape index (κ1) is 14.4. The highest BCUT2D eigenvalue weighted by molar-refractivity contribution is 5.11. The minimum atomic E-state index is -0.372. The predicted octanol–water partition coefficient (Wildman–Crippen LogP) is 1.71. The van der Waals surface area contributed by atoms with Gasteiger partial charge in [0, 0.05) is 13.0 Å². The molecule has 0 amide bonds. The summed E-state index contributed by atoms with van der Waals surface area (Å²) in [5.41, 5.74) is -0.372. The van der Waals surface area contributed by atoms with Crippen molar-refractivity contribution < 1.29 is 9.47 Å². The molecule has 98 valence electrons. The number of nitrogens with one attached hydrogen (secondary N) is 1. The summed E-state index contributed by atoms with van der Waals surface area (Å²) in [7, 11) is 1.84. The second kappa shape index (κ2) is 6.95. The molecule has 1 N–H and O–H groups in total. The van der Waals surface area contributed by atoms with Crippen molar-refractivity contribution in [2.24, 2.45) is 5.92 Å². The lowest BCUT2D eigenvalue weighted by Gasteiger charge is -2.19. The van der Waals surface area contributed by atoms with Gasteiger partial charge in [-0.1, -0.05) is 13.8 Å². The number of rotatable bonds is 7. The lowest BCUT2D eigenvalue weighted by Crippen LogP contribution is -2.39. The molecule has 0 heterocycles. The zero-order chi connectivity index (χ0) is 12.7. The molecule has 1 aliphatic carbocycles. The van der Waals surface area contributed by atoms with Crippen LogP contribution >= 0.6 is 0 Å². The summed E-state index contributed by atoms with van der Waals surface area (Å²) in [6.45, 7) is 6.32. The van der Waals surface area contributed by atoms with Crippen molar-refractivity contribution in [3.8, 4) is 6.07 Å². The molecule has 1 fully saturated rings. The van der Waals surface area contributed by atoms with Gasteiger partial charge in [0.05, 0.1) is 25.4 Å². The summed E-state index contributed by atoms with van der Waals surface area (Å²) >= 11 is 0. The SMILES string of the molecule is CNC1(C#N)CCC(OCCOCC(C)C)C1. The average Bonchev–Trinajstić information content (AvgIpc) is 2.73. The fraction of sp³-hybridized carbons (Fsp3) is 0.923. The monoisotopic (exact) mass is 240 g/mol. The maximum absolute atomic E-state index is 9.11. The molecular formula is C13H24N2O2. The first-order valence-electron chi connectivity index (χ1n) is 6.41. The first-order valence-corrected chi connectivity index (χ1v) is 6.41. The van der Waals surface area contributed by atoms with Crippen molar-refractivity contribution in [3.63, 3.8) is 0 Å². The van der Waals surface area contributed by atoms with Crippen LogP contribution in [0.5, 0.6) is 0 Å². The highest BCUT2D eigenvalue weighted by Gasteiger charge is 2.38. The summed E-state index contributed by atoms with van der Waals surface area (Å²) < 4.78 is 11.2. The number of nitriles is 1. The smallest absolute Gasteiger partial charge is 0.109 e. The Morgan fingerprint density at radius 2 is 2.24 bits per heavy atom. The normalized spacial score (nSPS) is 28.5. The molecule has 1 aliphatic rings. The van der Waals surface area contributed by atoms with Crippen LogP contribution in [-0.2, 0) is 9.47 Å². The van der Waals surface area contributed by atoms with Gasteiger partial charge in [0.15, 0.2) is 0 Å². The Kier molecular flexibility index (Phi) is 5.90. The van der Waals surface area contributed by atoms with Crippen molar-refractivity contribution >= 4 is 0 Å². The van der Waals surface area contributed by atoms with Crippen LogP contribution in [0.25, 0.3) is 0 Å². The summed E-state index contributed by atoms with van der Waals surface area (Å²) in [6.07, 6.45) is 2.81. The van der Waals surface area contributed by atoms with E-state index < -0.39 is 0 Å². The zero-order valence-corrected chi connectivity index (χ0v) is 11.2. The van der Waals surface area contributed by atoms with Gasteiger partial charge in [0.25, 0.3) is 0 Å². The summed E-state index contributed by atoms with van der Waals surface area (Å²) in [5, 5.41) is 12.2. The Morgan fingerprint density at radius 1 is 1.47 bits per heavy atom. The van der Waals surface area contributed by atoms with Crippen LogP contribution in [0.2, 0.25) is 0 Å². The number of hydrogen-bond donors (Lipinski definition) is 1. The number of ether oxygens (including phenoxy) is 2. The Morgan fingerprint density at radius 3 is 2.76 bits per heavy atom. The van der Waals surface area contributed by atoms with Gasteiger partial charge in [-0.15, -0.1) is 0 Å². The van der Waals surface area contributed by atoms with Crippen LogP contribution in [0.15, 0.2) is 0 Å². The van der Waals surface area contributed by atoms with Crippen LogP contribution in [0.4, 0.5) is 0 Å². The van der Waals surface area contributed by atoms with Gasteiger partial charge in [-0.3, -0.25) is 0 Å². The van der Waals surface area contributed by atoms with E-state index in [2.05, 4.69) is 25.2 Å². The molecule has 17 heavy (non-hydrogen) atoms. The molecule has 0 saturated heterocycles. The van der Waals surface area contributed by atoms with Gasteiger partial charge < -0.3 is 14.8 Å². The van der Waals surface area contributed by atoms with Gasteiger partial charge >= 0.3 is 0 Å². The minimum Gasteiger partial charge on any atom is -0.379 e. The summed E-state index contributed by atoms with van der Waals surface area (Å²) in [6, 6.07) is 2.35. The fourth-order valence-corrected chi connectivity index (χ4v) is 2.12. The Balaban J connectivity index is 2.12. The van der Waals surface area contributed by atoms with E-state index in [0.29, 0.717) is 19.1 Å². The standard InChI is InChI=1S/C13H24N2O2/c1-11(2)9-16-6-7-17-12-4-5-13(8-12,10-14)15-3/h11-12,15H,4-9H2,1-3H3. The molecule has 1 saturated carbocycles. The van der Waals surface area contributed by atoms with Crippen molar-refractivity contribution in [1.82, 2.24) is 5.32 Å². The topological polar surface area (TPSA) is 54.3 Å². The van der Waals surface area contributed by atoms with E-state index in [1.807, 2.05) is 7.05 Å².